The molecule has 0 bridgehead atoms. The number of benzene rings is 2. The van der Waals surface area contributed by atoms with Crippen LogP contribution in [0.4, 0.5) is 13.2 Å². The third-order valence-corrected chi connectivity index (χ3v) is 3.75. The lowest BCUT2D eigenvalue weighted by atomic mass is 10.1. The highest BCUT2D eigenvalue weighted by atomic mass is 19.4. The second kappa shape index (κ2) is 13.2. The first-order valence-electron chi connectivity index (χ1n) is 9.17. The van der Waals surface area contributed by atoms with Crippen LogP contribution in [0.1, 0.15) is 24.0 Å². The molecule has 0 atom stereocenters. The van der Waals surface area contributed by atoms with Gasteiger partial charge in [-0.15, -0.1) is 0 Å². The van der Waals surface area contributed by atoms with Crippen molar-refractivity contribution in [2.75, 3.05) is 13.1 Å². The Morgan fingerprint density at radius 1 is 0.900 bits per heavy atom. The third kappa shape index (κ3) is 11.7. The molecule has 0 amide bonds. The molecule has 0 fully saturated rings. The molecule has 0 aliphatic carbocycles. The van der Waals surface area contributed by atoms with Gasteiger partial charge in [0.25, 0.3) is 0 Å². The number of carboxylic acid groups (broad SMARTS) is 2. The van der Waals surface area contributed by atoms with Crippen LogP contribution in [0, 0.1) is 0 Å². The first-order chi connectivity index (χ1) is 14.2. The fraction of sp³-hybridized carbons (Fsp3) is 0.333. The first kappa shape index (κ1) is 25.0. The summed E-state index contributed by atoms with van der Waals surface area (Å²) in [6, 6.07) is 18.3. The van der Waals surface area contributed by atoms with E-state index in [-0.39, 0.29) is 6.42 Å². The highest BCUT2D eigenvalue weighted by molar-refractivity contribution is 5.73. The number of hydrogen-bond acceptors (Lipinski definition) is 4. The number of nitrogens with one attached hydrogen (secondary N) is 1. The quantitative estimate of drug-likeness (QED) is 0.498. The van der Waals surface area contributed by atoms with Crippen LogP contribution in [0.25, 0.3) is 0 Å². The molecule has 0 aromatic heterocycles. The fourth-order valence-electron chi connectivity index (χ4n) is 2.23. The number of hydrogen-bond donors (Lipinski definition) is 3. The molecule has 2 rings (SSSR count). The molecule has 0 saturated carbocycles. The van der Waals surface area contributed by atoms with E-state index in [9.17, 15) is 18.0 Å². The number of aliphatic carboxylic acids is 2. The SMILES string of the molecule is O=C(O)C(F)(F)F.O=C(O)CCNCCCc1ccc(OCc2ccccc2)cc1. The normalized spacial score (nSPS) is 10.6. The Morgan fingerprint density at radius 2 is 1.50 bits per heavy atom. The van der Waals surface area contributed by atoms with Crippen molar-refractivity contribution in [2.24, 2.45) is 0 Å². The lowest BCUT2D eigenvalue weighted by Gasteiger charge is -2.08. The number of halogens is 3. The predicted octanol–water partition coefficient (Wildman–Crippen LogP) is 3.90. The number of carbonyl (C=O) groups is 2. The van der Waals surface area contributed by atoms with Crippen LogP contribution < -0.4 is 10.1 Å². The first-order valence-corrected chi connectivity index (χ1v) is 9.17. The van der Waals surface area contributed by atoms with Crippen molar-refractivity contribution in [1.29, 1.82) is 0 Å². The maximum absolute atomic E-state index is 10.6. The summed E-state index contributed by atoms with van der Waals surface area (Å²) < 4.78 is 37.5. The molecule has 0 radical (unpaired) electrons. The van der Waals surface area contributed by atoms with Gasteiger partial charge in [0.05, 0.1) is 6.42 Å². The molecule has 164 valence electrons. The topological polar surface area (TPSA) is 95.9 Å². The Labute approximate surface area is 172 Å². The molecular formula is C21H24F3NO5. The van der Waals surface area contributed by atoms with Crippen LogP contribution in [0.2, 0.25) is 0 Å². The van der Waals surface area contributed by atoms with Crippen molar-refractivity contribution in [3.05, 3.63) is 65.7 Å². The molecule has 0 aliphatic heterocycles. The van der Waals surface area contributed by atoms with E-state index in [2.05, 4.69) is 17.4 Å². The fourth-order valence-corrected chi connectivity index (χ4v) is 2.23. The zero-order valence-corrected chi connectivity index (χ0v) is 16.2. The monoisotopic (exact) mass is 427 g/mol. The van der Waals surface area contributed by atoms with Crippen molar-refractivity contribution < 1.29 is 37.7 Å². The molecule has 0 saturated heterocycles. The minimum absolute atomic E-state index is 0.174. The van der Waals surface area contributed by atoms with Crippen LogP contribution in [-0.2, 0) is 22.6 Å². The van der Waals surface area contributed by atoms with E-state index in [1.807, 2.05) is 42.5 Å². The number of rotatable bonds is 10. The third-order valence-electron chi connectivity index (χ3n) is 3.75. The van der Waals surface area contributed by atoms with E-state index in [0.717, 1.165) is 30.7 Å². The summed E-state index contributed by atoms with van der Waals surface area (Å²) in [6.07, 6.45) is -2.95. The van der Waals surface area contributed by atoms with Gasteiger partial charge < -0.3 is 20.3 Å². The number of alkyl halides is 3. The van der Waals surface area contributed by atoms with Gasteiger partial charge >= 0.3 is 18.1 Å². The van der Waals surface area contributed by atoms with Gasteiger partial charge in [0.15, 0.2) is 0 Å². The summed E-state index contributed by atoms with van der Waals surface area (Å²) in [5, 5.41) is 18.8. The van der Waals surface area contributed by atoms with E-state index in [4.69, 9.17) is 19.7 Å². The van der Waals surface area contributed by atoms with Gasteiger partial charge in [-0.1, -0.05) is 42.5 Å². The molecule has 2 aromatic carbocycles. The summed E-state index contributed by atoms with van der Waals surface area (Å²) in [6.45, 7) is 1.94. The second-order valence-corrected chi connectivity index (χ2v) is 6.22. The second-order valence-electron chi connectivity index (χ2n) is 6.22. The molecular weight excluding hydrogens is 403 g/mol. The van der Waals surface area contributed by atoms with Crippen molar-refractivity contribution in [3.63, 3.8) is 0 Å². The van der Waals surface area contributed by atoms with E-state index in [1.54, 1.807) is 0 Å². The van der Waals surface area contributed by atoms with Crippen LogP contribution in [0.15, 0.2) is 54.6 Å². The molecule has 9 heteroatoms. The predicted molar refractivity (Wildman–Crippen MR) is 104 cm³/mol. The van der Waals surface area contributed by atoms with Crippen LogP contribution in [0.3, 0.4) is 0 Å². The van der Waals surface area contributed by atoms with Gasteiger partial charge in [0, 0.05) is 6.54 Å². The summed E-state index contributed by atoms with van der Waals surface area (Å²) in [4.78, 5) is 19.3. The smallest absolute Gasteiger partial charge is 0.489 e. The van der Waals surface area contributed by atoms with Crippen molar-refractivity contribution >= 4 is 11.9 Å². The van der Waals surface area contributed by atoms with Gasteiger partial charge in [0.2, 0.25) is 0 Å². The molecule has 2 aromatic rings. The molecule has 0 unspecified atom stereocenters. The molecule has 0 aliphatic rings. The van der Waals surface area contributed by atoms with Crippen molar-refractivity contribution in [1.82, 2.24) is 5.32 Å². The summed E-state index contributed by atoms with van der Waals surface area (Å²) in [5.41, 5.74) is 2.42. The Bertz CT molecular complexity index is 764. The van der Waals surface area contributed by atoms with Gasteiger partial charge in [-0.05, 0) is 42.6 Å². The largest absolute Gasteiger partial charge is 0.490 e. The lowest BCUT2D eigenvalue weighted by Crippen LogP contribution is -2.21. The minimum Gasteiger partial charge on any atom is -0.489 e. The van der Waals surface area contributed by atoms with E-state index in [0.29, 0.717) is 13.2 Å². The molecule has 0 heterocycles. The van der Waals surface area contributed by atoms with E-state index >= 15 is 0 Å². The van der Waals surface area contributed by atoms with Crippen molar-refractivity contribution in [3.8, 4) is 5.75 Å². The summed E-state index contributed by atoms with van der Waals surface area (Å²) in [7, 11) is 0. The number of aryl methyl sites for hydroxylation is 1. The Morgan fingerprint density at radius 3 is 2.03 bits per heavy atom. The van der Waals surface area contributed by atoms with Gasteiger partial charge in [-0.25, -0.2) is 4.79 Å². The average molecular weight is 427 g/mol. The Balaban J connectivity index is 0.000000553. The van der Waals surface area contributed by atoms with E-state index in [1.165, 1.54) is 5.56 Å². The minimum atomic E-state index is -5.08. The lowest BCUT2D eigenvalue weighted by molar-refractivity contribution is -0.192. The van der Waals surface area contributed by atoms with Crippen LogP contribution >= 0.6 is 0 Å². The highest BCUT2D eigenvalue weighted by Crippen LogP contribution is 2.15. The van der Waals surface area contributed by atoms with Gasteiger partial charge in [0.1, 0.15) is 12.4 Å². The Hall–Kier alpha value is -3.07. The number of carboxylic acids is 2. The van der Waals surface area contributed by atoms with Gasteiger partial charge in [-0.3, -0.25) is 4.79 Å². The van der Waals surface area contributed by atoms with Gasteiger partial charge in [-0.2, -0.15) is 13.2 Å². The van der Waals surface area contributed by atoms with Crippen LogP contribution in [0.5, 0.6) is 5.75 Å². The maximum Gasteiger partial charge on any atom is 0.490 e. The maximum atomic E-state index is 10.6. The number of ether oxygens (including phenoxy) is 1. The molecule has 3 N–H and O–H groups in total. The highest BCUT2D eigenvalue weighted by Gasteiger charge is 2.38. The molecule has 0 spiro atoms. The Kier molecular flexibility index (Phi) is 11.0. The molecule has 30 heavy (non-hydrogen) atoms. The van der Waals surface area contributed by atoms with E-state index < -0.39 is 18.1 Å². The molecule has 6 nitrogen and oxygen atoms in total. The summed E-state index contributed by atoms with van der Waals surface area (Å²) in [5.74, 6) is -2.65. The average Bonchev–Trinajstić information content (AvgIpc) is 2.70. The van der Waals surface area contributed by atoms with Crippen molar-refractivity contribution in [2.45, 2.75) is 32.0 Å². The van der Waals surface area contributed by atoms with Crippen LogP contribution in [-0.4, -0.2) is 41.4 Å². The zero-order valence-electron chi connectivity index (χ0n) is 16.2. The summed E-state index contributed by atoms with van der Waals surface area (Å²) >= 11 is 0. The standard InChI is InChI=1S/C19H23NO3.C2HF3O2/c21-19(22)12-14-20-13-4-7-16-8-10-18(11-9-16)23-15-17-5-2-1-3-6-17;3-2(4,5)1(6)7/h1-3,5-6,8-11,20H,4,7,12-15H2,(H,21,22);(H,6,7). The zero-order chi connectivity index (χ0) is 22.4.